The Kier molecular flexibility index (Phi) is 10.8. The van der Waals surface area contributed by atoms with E-state index in [-0.39, 0.29) is 7.43 Å². The van der Waals surface area contributed by atoms with Crippen molar-refractivity contribution in [2.75, 3.05) is 20.3 Å². The first-order chi connectivity index (χ1) is 15.1. The fourth-order valence-electron chi connectivity index (χ4n) is 3.49. The molecule has 0 bridgehead atoms. The molecule has 3 aliphatic rings. The summed E-state index contributed by atoms with van der Waals surface area (Å²) in [6.07, 6.45) is 15.5. The van der Waals surface area contributed by atoms with Gasteiger partial charge in [0.25, 0.3) is 5.17 Å². The number of aromatic nitrogens is 1. The average Bonchev–Trinajstić information content (AvgIpc) is 3.43. The van der Waals surface area contributed by atoms with E-state index in [4.69, 9.17) is 15.2 Å². The van der Waals surface area contributed by atoms with Crippen LogP contribution in [0.25, 0.3) is 0 Å². The van der Waals surface area contributed by atoms with Crippen molar-refractivity contribution < 1.29 is 18.7 Å². The van der Waals surface area contributed by atoms with Crippen LogP contribution in [0.4, 0.5) is 0 Å². The standard InChI is InChI=1S/C18H22N3O3S.C5H11N.CH4/c1-13-16(19-9-8-17(13)24-11-5-10-23-2)12-25(22)18-20-14-6-3-4-7-15(14)21-18;6-5-3-1-2-4-5;/h3-4,6-9,20-21H,5,10-12H2,1-2H3;5H,1-4,6H2;1H4/q-1;;. The van der Waals surface area contributed by atoms with Crippen molar-refractivity contribution in [1.29, 1.82) is 0 Å². The summed E-state index contributed by atoms with van der Waals surface area (Å²) in [6, 6.07) is 3.32. The van der Waals surface area contributed by atoms with E-state index in [1.54, 1.807) is 13.3 Å². The van der Waals surface area contributed by atoms with Gasteiger partial charge >= 0.3 is 0 Å². The molecule has 0 spiro atoms. The van der Waals surface area contributed by atoms with Crippen LogP contribution in [0.1, 0.15) is 50.8 Å². The van der Waals surface area contributed by atoms with E-state index < -0.39 is 10.8 Å². The highest BCUT2D eigenvalue weighted by atomic mass is 32.2. The third-order valence-electron chi connectivity index (χ3n) is 5.33. The Hall–Kier alpha value is -2.29. The monoisotopic (exact) mass is 461 g/mol. The molecule has 1 aliphatic heterocycles. The van der Waals surface area contributed by atoms with Crippen molar-refractivity contribution in [2.45, 2.75) is 58.2 Å². The lowest BCUT2D eigenvalue weighted by molar-refractivity contribution is -0.415. The Bertz CT molecular complexity index is 848. The molecule has 2 aliphatic carbocycles. The van der Waals surface area contributed by atoms with E-state index in [9.17, 15) is 4.21 Å². The zero-order valence-electron chi connectivity index (χ0n) is 18.4. The summed E-state index contributed by atoms with van der Waals surface area (Å²) >= 11 is 0. The zero-order chi connectivity index (χ0) is 22.1. The summed E-state index contributed by atoms with van der Waals surface area (Å²) < 4.78 is 23.5. The summed E-state index contributed by atoms with van der Waals surface area (Å²) in [5.74, 6) is 1.10. The van der Waals surface area contributed by atoms with Crippen molar-refractivity contribution in [3.05, 3.63) is 59.9 Å². The van der Waals surface area contributed by atoms with Gasteiger partial charge in [0.05, 0.1) is 28.9 Å². The van der Waals surface area contributed by atoms with Crippen LogP contribution in [0.5, 0.6) is 5.75 Å². The predicted octanol–water partition coefficient (Wildman–Crippen LogP) is 1.81. The van der Waals surface area contributed by atoms with Crippen molar-refractivity contribution >= 4 is 16.0 Å². The van der Waals surface area contributed by atoms with Crippen molar-refractivity contribution in [3.8, 4) is 5.75 Å². The molecule has 0 aromatic carbocycles. The van der Waals surface area contributed by atoms with Crippen LogP contribution >= 0.6 is 0 Å². The van der Waals surface area contributed by atoms with Gasteiger partial charge in [0.2, 0.25) is 0 Å². The summed E-state index contributed by atoms with van der Waals surface area (Å²) in [7, 11) is 0.429. The Morgan fingerprint density at radius 3 is 2.81 bits per heavy atom. The van der Waals surface area contributed by atoms with Gasteiger partial charge in [-0.2, -0.15) is 0 Å². The average molecular weight is 462 g/mol. The predicted molar refractivity (Wildman–Crippen MR) is 130 cm³/mol. The van der Waals surface area contributed by atoms with Gasteiger partial charge in [-0.3, -0.25) is 9.19 Å². The molecule has 1 aromatic rings. The lowest BCUT2D eigenvalue weighted by Gasteiger charge is -2.19. The number of rotatable bonds is 7. The number of nitrogens with two attached hydrogens (primary N) is 1. The first kappa shape index (κ1) is 26.0. The third-order valence-corrected chi connectivity index (χ3v) is 6.52. The fourth-order valence-corrected chi connectivity index (χ4v) is 4.62. The second-order valence-corrected chi connectivity index (χ2v) is 9.12. The van der Waals surface area contributed by atoms with E-state index in [1.807, 2.05) is 37.6 Å². The van der Waals surface area contributed by atoms with E-state index in [0.29, 0.717) is 30.2 Å². The highest BCUT2D eigenvalue weighted by Crippen LogP contribution is 2.21. The molecule has 1 atom stereocenters. The number of nitrogens with one attached hydrogen (secondary N) is 2. The zero-order valence-corrected chi connectivity index (χ0v) is 19.2. The SMILES string of the molecule is C.COCCCOc1ccnc(CS(=O)C2=[NH+][C-]3C=C[CH-]C=C3N2)c1C.NC1CCCC1. The molecule has 2 heterocycles. The Balaban J connectivity index is 0.000000450. The van der Waals surface area contributed by atoms with Crippen LogP contribution in [0.3, 0.4) is 0 Å². The number of pyridine rings is 1. The summed E-state index contributed by atoms with van der Waals surface area (Å²) in [4.78, 5) is 7.55. The molecular weight excluding hydrogens is 424 g/mol. The lowest BCUT2D eigenvalue weighted by Crippen LogP contribution is -2.72. The maximum Gasteiger partial charge on any atom is 0.260 e. The first-order valence-electron chi connectivity index (χ1n) is 10.8. The summed E-state index contributed by atoms with van der Waals surface area (Å²) in [6.45, 7) is 3.19. The second kappa shape index (κ2) is 13.3. The van der Waals surface area contributed by atoms with Crippen LogP contribution in [0.2, 0.25) is 0 Å². The minimum atomic E-state index is -1.24. The minimum absolute atomic E-state index is 0. The van der Waals surface area contributed by atoms with Crippen molar-refractivity contribution in [3.63, 3.8) is 0 Å². The number of allylic oxidation sites excluding steroid dienone is 2. The molecule has 7 nitrogen and oxygen atoms in total. The number of methoxy groups -OCH3 is 1. The van der Waals surface area contributed by atoms with E-state index in [0.717, 1.165) is 35.2 Å². The van der Waals surface area contributed by atoms with Gasteiger partial charge in [-0.25, -0.2) is 24.6 Å². The van der Waals surface area contributed by atoms with Crippen LogP contribution in [-0.2, 0) is 21.3 Å². The molecule has 0 radical (unpaired) electrons. The normalized spacial score (nSPS) is 17.7. The molecule has 1 saturated carbocycles. The van der Waals surface area contributed by atoms with E-state index in [2.05, 4.69) is 15.3 Å². The number of amidine groups is 1. The largest absolute Gasteiger partial charge is 0.493 e. The molecule has 32 heavy (non-hydrogen) atoms. The minimum Gasteiger partial charge on any atom is -0.493 e. The van der Waals surface area contributed by atoms with Crippen LogP contribution in [0.15, 0.2) is 36.2 Å². The number of hydrogen-bond acceptors (Lipinski definition) is 6. The lowest BCUT2D eigenvalue weighted by atomic mass is 10.1. The molecular formula is C24H37N4O3S-. The molecule has 1 aromatic heterocycles. The first-order valence-corrected chi connectivity index (χ1v) is 12.1. The smallest absolute Gasteiger partial charge is 0.260 e. The van der Waals surface area contributed by atoms with Gasteiger partial charge in [0.15, 0.2) is 0 Å². The van der Waals surface area contributed by atoms with Gasteiger partial charge in [0, 0.05) is 37.9 Å². The number of ether oxygens (including phenoxy) is 2. The quantitative estimate of drug-likeness (QED) is 0.423. The highest BCUT2D eigenvalue weighted by molar-refractivity contribution is 7.99. The Labute approximate surface area is 195 Å². The van der Waals surface area contributed by atoms with Crippen LogP contribution < -0.4 is 20.8 Å². The van der Waals surface area contributed by atoms with Crippen molar-refractivity contribution in [2.24, 2.45) is 5.73 Å². The van der Waals surface area contributed by atoms with Crippen molar-refractivity contribution in [1.82, 2.24) is 10.3 Å². The molecule has 4 N–H and O–H groups in total. The summed E-state index contributed by atoms with van der Waals surface area (Å²) in [5.41, 5.74) is 8.16. The molecule has 0 amide bonds. The molecule has 1 unspecified atom stereocenters. The third kappa shape index (κ3) is 7.39. The molecule has 8 heteroatoms. The molecule has 1 fully saturated rings. The highest BCUT2D eigenvalue weighted by Gasteiger charge is 2.22. The molecule has 4 rings (SSSR count). The van der Waals surface area contributed by atoms with Gasteiger partial charge in [0.1, 0.15) is 5.75 Å². The fraction of sp³-hybridized carbons (Fsp3) is 0.500. The van der Waals surface area contributed by atoms with Gasteiger partial charge in [-0.15, -0.1) is 0 Å². The van der Waals surface area contributed by atoms with E-state index in [1.165, 1.54) is 25.7 Å². The number of nitrogens with zero attached hydrogens (tertiary/aromatic N) is 1. The Morgan fingerprint density at radius 1 is 1.38 bits per heavy atom. The number of hydrogen-bond donors (Lipinski definition) is 3. The summed E-state index contributed by atoms with van der Waals surface area (Å²) in [5, 5.41) is 3.76. The van der Waals surface area contributed by atoms with E-state index >= 15 is 0 Å². The maximum atomic E-state index is 12.7. The van der Waals surface area contributed by atoms with Gasteiger partial charge < -0.3 is 25.5 Å². The van der Waals surface area contributed by atoms with Gasteiger partial charge in [-0.05, 0) is 37.6 Å². The Morgan fingerprint density at radius 2 is 2.16 bits per heavy atom. The second-order valence-electron chi connectivity index (χ2n) is 7.73. The molecule has 0 saturated heterocycles. The maximum absolute atomic E-state index is 12.7. The number of fused-ring (bicyclic) bond motifs is 1. The van der Waals surface area contributed by atoms with Crippen LogP contribution in [-0.4, -0.2) is 40.7 Å². The van der Waals surface area contributed by atoms with Gasteiger partial charge in [-0.1, -0.05) is 20.3 Å². The van der Waals surface area contributed by atoms with Crippen LogP contribution in [0, 0.1) is 19.4 Å². The molecule has 178 valence electrons. The topological polar surface area (TPSA) is 100 Å².